The van der Waals surface area contributed by atoms with Gasteiger partial charge in [0.1, 0.15) is 0 Å². The molecule has 0 amide bonds. The number of allylic oxidation sites excluding steroid dienone is 2. The molecule has 0 saturated heterocycles. The first-order valence-corrected chi connectivity index (χ1v) is 17.5. The van der Waals surface area contributed by atoms with Crippen molar-refractivity contribution in [3.8, 4) is 0 Å². The van der Waals surface area contributed by atoms with Crippen molar-refractivity contribution in [3.05, 3.63) is 12.2 Å². The van der Waals surface area contributed by atoms with E-state index in [-0.39, 0.29) is 19.3 Å². The van der Waals surface area contributed by atoms with Crippen LogP contribution < -0.4 is 0 Å². The van der Waals surface area contributed by atoms with Gasteiger partial charge < -0.3 is 19.8 Å². The van der Waals surface area contributed by atoms with E-state index in [1.165, 1.54) is 83.5 Å². The lowest BCUT2D eigenvalue weighted by atomic mass is 10.0. The van der Waals surface area contributed by atoms with Crippen LogP contribution in [0.3, 0.4) is 0 Å². The number of rotatable bonds is 33. The van der Waals surface area contributed by atoms with Crippen molar-refractivity contribution in [2.45, 2.75) is 167 Å². The second-order valence-corrected chi connectivity index (χ2v) is 12.4. The first kappa shape index (κ1) is 40.1. The summed E-state index contributed by atoms with van der Waals surface area (Å²) in [6, 6.07) is 0. The lowest BCUT2D eigenvalue weighted by molar-refractivity contribution is -0.929. The number of carboxylic acid groups (broad SMARTS) is 3. The lowest BCUT2D eigenvalue weighted by Gasteiger charge is -2.39. The molecular formula is C35H66NO6+. The average Bonchev–Trinajstić information content (AvgIpc) is 2.94. The van der Waals surface area contributed by atoms with Crippen molar-refractivity contribution in [3.63, 3.8) is 0 Å². The Labute approximate surface area is 257 Å². The standard InChI is InChI=1S/C35H65NO6/c1-2-3-4-5-6-7-8-9-10-11-12-13-14-15-16-17-18-22-29-36(30-23-19-26-33(37)38,31-24-20-27-34(39)40)32-25-21-28-35(41)42/h16-17H,2-15,18-32H2,1H3,(H2-,37,38,39,40,41,42)/p+1/b17-16+. The van der Waals surface area contributed by atoms with E-state index in [2.05, 4.69) is 19.1 Å². The molecule has 0 aromatic rings. The molecule has 42 heavy (non-hydrogen) atoms. The van der Waals surface area contributed by atoms with Gasteiger partial charge in [-0.05, 0) is 57.8 Å². The van der Waals surface area contributed by atoms with Crippen LogP contribution in [0.25, 0.3) is 0 Å². The summed E-state index contributed by atoms with van der Waals surface area (Å²) >= 11 is 0. The van der Waals surface area contributed by atoms with E-state index in [0.717, 1.165) is 69.2 Å². The van der Waals surface area contributed by atoms with E-state index in [4.69, 9.17) is 15.3 Å². The Morgan fingerprint density at radius 3 is 1.10 bits per heavy atom. The zero-order chi connectivity index (χ0) is 31.2. The van der Waals surface area contributed by atoms with E-state index in [0.29, 0.717) is 19.3 Å². The van der Waals surface area contributed by atoms with Crippen LogP contribution in [0.15, 0.2) is 12.2 Å². The van der Waals surface area contributed by atoms with Gasteiger partial charge >= 0.3 is 17.9 Å². The van der Waals surface area contributed by atoms with Gasteiger partial charge in [0.15, 0.2) is 0 Å². The summed E-state index contributed by atoms with van der Waals surface area (Å²) in [6.07, 6.45) is 30.5. The van der Waals surface area contributed by atoms with Crippen LogP contribution >= 0.6 is 0 Å². The van der Waals surface area contributed by atoms with Crippen LogP contribution in [0, 0.1) is 0 Å². The molecule has 3 N–H and O–H groups in total. The van der Waals surface area contributed by atoms with Gasteiger partial charge in [-0.15, -0.1) is 0 Å². The summed E-state index contributed by atoms with van der Waals surface area (Å²) in [6.45, 7) is 5.85. The number of carbonyl (C=O) groups is 3. The SMILES string of the molecule is CCCCCCCCCCCCCCC/C=C/CCC[N+](CCCCC(=O)O)(CCCCC(=O)O)CCCCC(=O)O. The van der Waals surface area contributed by atoms with Crippen molar-refractivity contribution < 1.29 is 34.2 Å². The second-order valence-electron chi connectivity index (χ2n) is 12.4. The van der Waals surface area contributed by atoms with Gasteiger partial charge in [-0.2, -0.15) is 0 Å². The number of carboxylic acids is 3. The van der Waals surface area contributed by atoms with E-state index >= 15 is 0 Å². The van der Waals surface area contributed by atoms with E-state index < -0.39 is 17.9 Å². The maximum absolute atomic E-state index is 11.0. The van der Waals surface area contributed by atoms with Crippen LogP contribution in [0.4, 0.5) is 0 Å². The Bertz CT molecular complexity index is 638. The van der Waals surface area contributed by atoms with Gasteiger partial charge in [0.05, 0.1) is 26.2 Å². The fourth-order valence-corrected chi connectivity index (χ4v) is 5.90. The lowest BCUT2D eigenvalue weighted by Crippen LogP contribution is -2.50. The molecule has 0 spiro atoms. The van der Waals surface area contributed by atoms with Crippen molar-refractivity contribution in [1.29, 1.82) is 0 Å². The maximum atomic E-state index is 11.0. The van der Waals surface area contributed by atoms with Crippen LogP contribution in [-0.4, -0.2) is 63.9 Å². The van der Waals surface area contributed by atoms with Gasteiger partial charge in [0.2, 0.25) is 0 Å². The molecular weight excluding hydrogens is 530 g/mol. The van der Waals surface area contributed by atoms with Crippen molar-refractivity contribution in [2.75, 3.05) is 26.2 Å². The molecule has 0 heterocycles. The van der Waals surface area contributed by atoms with Gasteiger partial charge in [-0.3, -0.25) is 14.4 Å². The highest BCUT2D eigenvalue weighted by molar-refractivity contribution is 5.67. The van der Waals surface area contributed by atoms with E-state index in [1.807, 2.05) is 0 Å². The molecule has 7 heteroatoms. The monoisotopic (exact) mass is 596 g/mol. The number of nitrogens with zero attached hydrogens (tertiary/aromatic N) is 1. The number of unbranched alkanes of at least 4 members (excludes halogenated alkanes) is 17. The highest BCUT2D eigenvalue weighted by Gasteiger charge is 2.26. The zero-order valence-electron chi connectivity index (χ0n) is 27.2. The van der Waals surface area contributed by atoms with Gasteiger partial charge in [0.25, 0.3) is 0 Å². The molecule has 0 rings (SSSR count). The molecule has 0 aliphatic carbocycles. The Kier molecular flexibility index (Phi) is 27.9. The summed E-state index contributed by atoms with van der Waals surface area (Å²) in [5.41, 5.74) is 0. The molecule has 0 aromatic heterocycles. The Hall–Kier alpha value is -1.89. The van der Waals surface area contributed by atoms with Crippen LogP contribution in [-0.2, 0) is 14.4 Å². The molecule has 0 fully saturated rings. The van der Waals surface area contributed by atoms with Crippen LogP contribution in [0.5, 0.6) is 0 Å². The summed E-state index contributed by atoms with van der Waals surface area (Å²) < 4.78 is 0.839. The molecule has 0 aliphatic rings. The third-order valence-electron chi connectivity index (χ3n) is 8.46. The third-order valence-corrected chi connectivity index (χ3v) is 8.46. The van der Waals surface area contributed by atoms with E-state index in [1.54, 1.807) is 0 Å². The van der Waals surface area contributed by atoms with Crippen molar-refractivity contribution >= 4 is 17.9 Å². The summed E-state index contributed by atoms with van der Waals surface area (Å²) in [5, 5.41) is 27.1. The first-order valence-electron chi connectivity index (χ1n) is 17.5. The number of quaternary nitrogens is 1. The predicted octanol–water partition coefficient (Wildman–Crippen LogP) is 9.39. The molecule has 0 bridgehead atoms. The van der Waals surface area contributed by atoms with Crippen LogP contribution in [0.2, 0.25) is 0 Å². The fourth-order valence-electron chi connectivity index (χ4n) is 5.90. The smallest absolute Gasteiger partial charge is 0.303 e. The number of hydrogen-bond acceptors (Lipinski definition) is 3. The minimum absolute atomic E-state index is 0.167. The molecule has 7 nitrogen and oxygen atoms in total. The minimum Gasteiger partial charge on any atom is -0.481 e. The number of aliphatic carboxylic acids is 3. The molecule has 0 saturated carbocycles. The van der Waals surface area contributed by atoms with Gasteiger partial charge in [-0.25, -0.2) is 0 Å². The zero-order valence-corrected chi connectivity index (χ0v) is 27.2. The highest BCUT2D eigenvalue weighted by Crippen LogP contribution is 2.19. The largest absolute Gasteiger partial charge is 0.481 e. The number of hydrogen-bond donors (Lipinski definition) is 3. The topological polar surface area (TPSA) is 112 Å². The normalized spacial score (nSPS) is 11.8. The Morgan fingerprint density at radius 2 is 0.738 bits per heavy atom. The molecule has 0 radical (unpaired) electrons. The molecule has 0 atom stereocenters. The molecule has 0 unspecified atom stereocenters. The maximum Gasteiger partial charge on any atom is 0.303 e. The second kappa shape index (κ2) is 29.2. The molecule has 0 aliphatic heterocycles. The highest BCUT2D eigenvalue weighted by atomic mass is 16.4. The summed E-state index contributed by atoms with van der Waals surface area (Å²) in [7, 11) is 0. The summed E-state index contributed by atoms with van der Waals surface area (Å²) in [5.74, 6) is -2.32. The van der Waals surface area contributed by atoms with Crippen molar-refractivity contribution in [2.24, 2.45) is 0 Å². The average molecular weight is 597 g/mol. The first-order chi connectivity index (χ1) is 20.3. The summed E-state index contributed by atoms with van der Waals surface area (Å²) in [4.78, 5) is 33.0. The Balaban J connectivity index is 4.40. The van der Waals surface area contributed by atoms with Gasteiger partial charge in [0, 0.05) is 25.7 Å². The molecule has 246 valence electrons. The minimum atomic E-state index is -0.773. The Morgan fingerprint density at radius 1 is 0.429 bits per heavy atom. The third kappa shape index (κ3) is 28.2. The molecule has 0 aromatic carbocycles. The van der Waals surface area contributed by atoms with E-state index in [9.17, 15) is 14.4 Å². The van der Waals surface area contributed by atoms with Gasteiger partial charge in [-0.1, -0.05) is 96.1 Å². The quantitative estimate of drug-likeness (QED) is 0.0395. The van der Waals surface area contributed by atoms with Crippen LogP contribution in [0.1, 0.15) is 167 Å². The van der Waals surface area contributed by atoms with Crippen molar-refractivity contribution in [1.82, 2.24) is 0 Å². The predicted molar refractivity (Wildman–Crippen MR) is 173 cm³/mol. The fraction of sp³-hybridized carbons (Fsp3) is 0.857.